The van der Waals surface area contributed by atoms with E-state index in [1.807, 2.05) is 0 Å². The van der Waals surface area contributed by atoms with Crippen LogP contribution < -0.4 is 0 Å². The van der Waals surface area contributed by atoms with Crippen LogP contribution in [0.25, 0.3) is 0 Å². The van der Waals surface area contributed by atoms with Crippen molar-refractivity contribution in [3.05, 3.63) is 29.3 Å². The van der Waals surface area contributed by atoms with Gasteiger partial charge in [-0.25, -0.2) is 22.0 Å². The molecule has 0 bridgehead atoms. The Hall–Kier alpha value is -1.54. The number of rotatable bonds is 6. The third-order valence-electron chi connectivity index (χ3n) is 2.69. The van der Waals surface area contributed by atoms with E-state index in [0.717, 1.165) is 4.31 Å². The number of nitrogens with zero attached hydrogens (tertiary/aromatic N) is 1. The highest BCUT2D eigenvalue weighted by atomic mass is 32.2. The topological polar surface area (TPSA) is 74.7 Å². The minimum atomic E-state index is -4.27. The van der Waals surface area contributed by atoms with E-state index >= 15 is 0 Å². The van der Waals surface area contributed by atoms with Crippen LogP contribution in [0, 0.1) is 11.6 Å². The molecule has 0 spiro atoms. The molecular weight excluding hydrogens is 292 g/mol. The number of carbonyl (C=O) groups is 1. The Bertz CT molecular complexity index is 616. The normalized spacial score (nSPS) is 11.8. The van der Waals surface area contributed by atoms with Gasteiger partial charge in [-0.05, 0) is 18.6 Å². The second-order valence-corrected chi connectivity index (χ2v) is 5.98. The zero-order valence-corrected chi connectivity index (χ0v) is 11.9. The fourth-order valence-electron chi connectivity index (χ4n) is 1.71. The van der Waals surface area contributed by atoms with E-state index in [0.29, 0.717) is 18.6 Å². The van der Waals surface area contributed by atoms with Gasteiger partial charge in [0.25, 0.3) is 0 Å². The molecule has 0 aliphatic rings. The lowest BCUT2D eigenvalue weighted by molar-refractivity contribution is 0.0696. The maximum atomic E-state index is 13.7. The van der Waals surface area contributed by atoms with E-state index in [-0.39, 0.29) is 13.1 Å². The SMILES string of the molecule is CCCN(CC)S(=O)(=O)c1cc(C(=O)O)cc(F)c1F. The highest BCUT2D eigenvalue weighted by Gasteiger charge is 2.29. The van der Waals surface area contributed by atoms with E-state index < -0.39 is 38.1 Å². The van der Waals surface area contributed by atoms with Crippen molar-refractivity contribution >= 4 is 16.0 Å². The summed E-state index contributed by atoms with van der Waals surface area (Å²) in [5.41, 5.74) is -0.616. The number of benzene rings is 1. The van der Waals surface area contributed by atoms with Crippen LogP contribution >= 0.6 is 0 Å². The lowest BCUT2D eigenvalue weighted by Crippen LogP contribution is -2.32. The fraction of sp³-hybridized carbons (Fsp3) is 0.417. The van der Waals surface area contributed by atoms with Gasteiger partial charge in [0.15, 0.2) is 11.6 Å². The summed E-state index contributed by atoms with van der Waals surface area (Å²) in [6.45, 7) is 3.51. The molecule has 5 nitrogen and oxygen atoms in total. The smallest absolute Gasteiger partial charge is 0.335 e. The van der Waals surface area contributed by atoms with Crippen LogP contribution in [-0.4, -0.2) is 36.9 Å². The zero-order chi connectivity index (χ0) is 15.5. The first-order valence-corrected chi connectivity index (χ1v) is 7.42. The molecule has 0 radical (unpaired) electrons. The van der Waals surface area contributed by atoms with Gasteiger partial charge in [-0.15, -0.1) is 0 Å². The first kappa shape index (κ1) is 16.5. The van der Waals surface area contributed by atoms with Gasteiger partial charge in [-0.3, -0.25) is 0 Å². The lowest BCUT2D eigenvalue weighted by Gasteiger charge is -2.20. The summed E-state index contributed by atoms with van der Waals surface area (Å²) < 4.78 is 52.5. The molecule has 8 heteroatoms. The van der Waals surface area contributed by atoms with Crippen molar-refractivity contribution in [2.45, 2.75) is 25.2 Å². The van der Waals surface area contributed by atoms with Crippen molar-refractivity contribution in [3.63, 3.8) is 0 Å². The quantitative estimate of drug-likeness (QED) is 0.873. The lowest BCUT2D eigenvalue weighted by atomic mass is 10.2. The van der Waals surface area contributed by atoms with Crippen molar-refractivity contribution in [1.29, 1.82) is 0 Å². The molecule has 0 aromatic heterocycles. The number of hydrogen-bond donors (Lipinski definition) is 1. The Kier molecular flexibility index (Phi) is 5.18. The van der Waals surface area contributed by atoms with Gasteiger partial charge >= 0.3 is 5.97 Å². The molecule has 0 atom stereocenters. The van der Waals surface area contributed by atoms with E-state index in [9.17, 15) is 22.0 Å². The summed E-state index contributed by atoms with van der Waals surface area (Å²) in [5.74, 6) is -4.60. The highest BCUT2D eigenvalue weighted by molar-refractivity contribution is 7.89. The minimum absolute atomic E-state index is 0.0779. The van der Waals surface area contributed by atoms with Gasteiger partial charge in [0.1, 0.15) is 4.90 Å². The fourth-order valence-corrected chi connectivity index (χ4v) is 3.35. The predicted molar refractivity (Wildman–Crippen MR) is 68.0 cm³/mol. The molecule has 0 amide bonds. The molecule has 112 valence electrons. The van der Waals surface area contributed by atoms with Gasteiger partial charge < -0.3 is 5.11 Å². The summed E-state index contributed by atoms with van der Waals surface area (Å²) >= 11 is 0. The van der Waals surface area contributed by atoms with Crippen LogP contribution in [0.3, 0.4) is 0 Å². The summed E-state index contributed by atoms with van der Waals surface area (Å²) in [6, 6.07) is 1.08. The molecule has 0 heterocycles. The Morgan fingerprint density at radius 2 is 1.90 bits per heavy atom. The van der Waals surface area contributed by atoms with Crippen LogP contribution in [0.1, 0.15) is 30.6 Å². The van der Waals surface area contributed by atoms with E-state index in [4.69, 9.17) is 5.11 Å². The third-order valence-corrected chi connectivity index (χ3v) is 4.66. The second kappa shape index (κ2) is 6.27. The van der Waals surface area contributed by atoms with Crippen molar-refractivity contribution in [2.75, 3.05) is 13.1 Å². The molecule has 1 N–H and O–H groups in total. The Labute approximate surface area is 115 Å². The maximum Gasteiger partial charge on any atom is 0.335 e. The summed E-state index contributed by atoms with van der Waals surface area (Å²) in [4.78, 5) is 9.86. The number of aromatic carboxylic acids is 1. The van der Waals surface area contributed by atoms with Crippen LogP contribution in [0.2, 0.25) is 0 Å². The second-order valence-electron chi connectivity index (χ2n) is 4.07. The Morgan fingerprint density at radius 3 is 2.35 bits per heavy atom. The Morgan fingerprint density at radius 1 is 1.30 bits per heavy atom. The molecule has 0 fully saturated rings. The number of halogens is 2. The molecule has 0 saturated heterocycles. The van der Waals surface area contributed by atoms with Crippen molar-refractivity contribution < 1.29 is 27.1 Å². The average Bonchev–Trinajstić information content (AvgIpc) is 2.38. The number of carboxylic acid groups (broad SMARTS) is 1. The molecule has 0 aliphatic carbocycles. The summed E-state index contributed by atoms with van der Waals surface area (Å²) in [5, 5.41) is 8.79. The van der Waals surface area contributed by atoms with Crippen LogP contribution in [0.5, 0.6) is 0 Å². The molecule has 0 aliphatic heterocycles. The number of carboxylic acids is 1. The number of hydrogen-bond acceptors (Lipinski definition) is 3. The van der Waals surface area contributed by atoms with E-state index in [2.05, 4.69) is 0 Å². The molecular formula is C12H15F2NO4S. The molecule has 20 heavy (non-hydrogen) atoms. The van der Waals surface area contributed by atoms with Gasteiger partial charge in [0, 0.05) is 13.1 Å². The average molecular weight is 307 g/mol. The summed E-state index contributed by atoms with van der Waals surface area (Å²) in [7, 11) is -4.27. The molecule has 1 rings (SSSR count). The largest absolute Gasteiger partial charge is 0.478 e. The van der Waals surface area contributed by atoms with Crippen molar-refractivity contribution in [1.82, 2.24) is 4.31 Å². The summed E-state index contributed by atoms with van der Waals surface area (Å²) in [6.07, 6.45) is 0.496. The number of sulfonamides is 1. The van der Waals surface area contributed by atoms with Crippen LogP contribution in [0.4, 0.5) is 8.78 Å². The minimum Gasteiger partial charge on any atom is -0.478 e. The van der Waals surface area contributed by atoms with Gasteiger partial charge in [0.05, 0.1) is 5.56 Å². The first-order chi connectivity index (χ1) is 9.25. The maximum absolute atomic E-state index is 13.7. The predicted octanol–water partition coefficient (Wildman–Crippen LogP) is 2.08. The van der Waals surface area contributed by atoms with Crippen molar-refractivity contribution in [3.8, 4) is 0 Å². The zero-order valence-electron chi connectivity index (χ0n) is 11.1. The highest BCUT2D eigenvalue weighted by Crippen LogP contribution is 2.23. The standard InChI is InChI=1S/C12H15F2NO4S/c1-3-5-15(4-2)20(18,19)10-7-8(12(16)17)6-9(13)11(10)14/h6-7H,3-5H2,1-2H3,(H,16,17). The van der Waals surface area contributed by atoms with E-state index in [1.54, 1.807) is 13.8 Å². The van der Waals surface area contributed by atoms with Gasteiger partial charge in [-0.2, -0.15) is 4.31 Å². The van der Waals surface area contributed by atoms with E-state index in [1.165, 1.54) is 0 Å². The molecule has 1 aromatic carbocycles. The third kappa shape index (κ3) is 3.13. The van der Waals surface area contributed by atoms with Crippen molar-refractivity contribution in [2.24, 2.45) is 0 Å². The molecule has 0 unspecified atom stereocenters. The molecule has 1 aromatic rings. The van der Waals surface area contributed by atoms with Gasteiger partial charge in [-0.1, -0.05) is 13.8 Å². The van der Waals surface area contributed by atoms with Crippen LogP contribution in [0.15, 0.2) is 17.0 Å². The first-order valence-electron chi connectivity index (χ1n) is 5.98. The molecule has 0 saturated carbocycles. The Balaban J connectivity index is 3.48. The monoisotopic (exact) mass is 307 g/mol. The van der Waals surface area contributed by atoms with Crippen LogP contribution in [-0.2, 0) is 10.0 Å². The van der Waals surface area contributed by atoms with Gasteiger partial charge in [0.2, 0.25) is 10.0 Å².